The van der Waals surface area contributed by atoms with Crippen LogP contribution in [0, 0.1) is 6.92 Å². The molecule has 0 fully saturated rings. The zero-order valence-corrected chi connectivity index (χ0v) is 19.8. The number of benzene rings is 2. The van der Waals surface area contributed by atoms with Crippen LogP contribution in [0.15, 0.2) is 53.9 Å². The molecule has 0 aliphatic carbocycles. The van der Waals surface area contributed by atoms with E-state index in [9.17, 15) is 18.0 Å². The smallest absolute Gasteiger partial charge is 0.251 e. The number of carbonyl (C=O) groups excluding carboxylic acids is 2. The van der Waals surface area contributed by atoms with Crippen LogP contribution in [-0.2, 0) is 14.8 Å². The molecular weight excluding hydrogens is 448 g/mol. The van der Waals surface area contributed by atoms with Gasteiger partial charge in [0.1, 0.15) is 6.04 Å². The molecule has 8 nitrogen and oxygen atoms in total. The highest BCUT2D eigenvalue weighted by atomic mass is 32.2. The number of amides is 2. The summed E-state index contributed by atoms with van der Waals surface area (Å²) >= 11 is 1.26. The largest absolute Gasteiger partial charge is 0.341 e. The van der Waals surface area contributed by atoms with Crippen molar-refractivity contribution in [3.63, 3.8) is 0 Å². The SMILES string of the molecule is Cc1cccc(C(=O)NC(C)C(=O)Nc2nc(-c3ccc(N(C)S(C)(=O)=O)cc3)cs2)c1. The van der Waals surface area contributed by atoms with E-state index in [0.717, 1.165) is 17.4 Å². The third kappa shape index (κ3) is 5.71. The summed E-state index contributed by atoms with van der Waals surface area (Å²) in [4.78, 5) is 29.2. The molecule has 3 aromatic rings. The van der Waals surface area contributed by atoms with Gasteiger partial charge in [-0.25, -0.2) is 13.4 Å². The monoisotopic (exact) mass is 472 g/mol. The van der Waals surface area contributed by atoms with E-state index in [1.54, 1.807) is 54.8 Å². The lowest BCUT2D eigenvalue weighted by molar-refractivity contribution is -0.117. The normalized spacial score (nSPS) is 12.1. The van der Waals surface area contributed by atoms with Crippen molar-refractivity contribution < 1.29 is 18.0 Å². The molecule has 1 heterocycles. The molecule has 32 heavy (non-hydrogen) atoms. The number of hydrogen-bond acceptors (Lipinski definition) is 6. The van der Waals surface area contributed by atoms with Gasteiger partial charge in [0.15, 0.2) is 5.13 Å². The van der Waals surface area contributed by atoms with E-state index in [4.69, 9.17) is 0 Å². The first-order valence-electron chi connectivity index (χ1n) is 9.73. The summed E-state index contributed by atoms with van der Waals surface area (Å²) < 4.78 is 24.5. The fourth-order valence-corrected chi connectivity index (χ4v) is 4.07. The number of nitrogens with zero attached hydrogens (tertiary/aromatic N) is 2. The van der Waals surface area contributed by atoms with Crippen LogP contribution in [0.25, 0.3) is 11.3 Å². The van der Waals surface area contributed by atoms with Gasteiger partial charge in [0, 0.05) is 23.6 Å². The Hall–Kier alpha value is -3.24. The van der Waals surface area contributed by atoms with Crippen LogP contribution in [-0.4, -0.2) is 44.6 Å². The van der Waals surface area contributed by atoms with Crippen molar-refractivity contribution in [1.82, 2.24) is 10.3 Å². The average molecular weight is 473 g/mol. The highest BCUT2D eigenvalue weighted by molar-refractivity contribution is 7.92. The number of nitrogens with one attached hydrogen (secondary N) is 2. The van der Waals surface area contributed by atoms with E-state index in [1.165, 1.54) is 22.7 Å². The van der Waals surface area contributed by atoms with Gasteiger partial charge in [-0.05, 0) is 38.1 Å². The molecule has 168 valence electrons. The van der Waals surface area contributed by atoms with Crippen LogP contribution in [0.3, 0.4) is 0 Å². The van der Waals surface area contributed by atoms with E-state index < -0.39 is 16.1 Å². The summed E-state index contributed by atoms with van der Waals surface area (Å²) in [5.41, 5.74) is 3.42. The van der Waals surface area contributed by atoms with Crippen LogP contribution >= 0.6 is 11.3 Å². The van der Waals surface area contributed by atoms with Crippen molar-refractivity contribution in [3.05, 3.63) is 65.0 Å². The fourth-order valence-electron chi connectivity index (χ4n) is 2.84. The van der Waals surface area contributed by atoms with Gasteiger partial charge >= 0.3 is 0 Å². The first-order valence-corrected chi connectivity index (χ1v) is 12.5. The van der Waals surface area contributed by atoms with Gasteiger partial charge < -0.3 is 10.6 Å². The number of anilines is 2. The lowest BCUT2D eigenvalue weighted by atomic mass is 10.1. The van der Waals surface area contributed by atoms with E-state index in [0.29, 0.717) is 22.1 Å². The molecule has 0 bridgehead atoms. The van der Waals surface area contributed by atoms with Gasteiger partial charge in [-0.15, -0.1) is 11.3 Å². The Labute approximate surface area is 191 Å². The minimum absolute atomic E-state index is 0.324. The first kappa shape index (κ1) is 23.4. The van der Waals surface area contributed by atoms with Crippen molar-refractivity contribution in [3.8, 4) is 11.3 Å². The van der Waals surface area contributed by atoms with Crippen LogP contribution in [0.1, 0.15) is 22.8 Å². The number of aryl methyl sites for hydroxylation is 1. The van der Waals surface area contributed by atoms with Crippen LogP contribution < -0.4 is 14.9 Å². The number of carbonyl (C=O) groups is 2. The Balaban J connectivity index is 1.63. The summed E-state index contributed by atoms with van der Waals surface area (Å²) in [6.07, 6.45) is 1.14. The highest BCUT2D eigenvalue weighted by Crippen LogP contribution is 2.27. The Morgan fingerprint density at radius 2 is 1.81 bits per heavy atom. The lowest BCUT2D eigenvalue weighted by Crippen LogP contribution is -2.41. The number of thiazole rings is 1. The number of hydrogen-bond donors (Lipinski definition) is 2. The summed E-state index contributed by atoms with van der Waals surface area (Å²) in [6.45, 7) is 3.50. The average Bonchev–Trinajstić information content (AvgIpc) is 3.21. The quantitative estimate of drug-likeness (QED) is 0.549. The van der Waals surface area contributed by atoms with Crippen molar-refractivity contribution in [2.75, 3.05) is 22.9 Å². The maximum Gasteiger partial charge on any atom is 0.251 e. The van der Waals surface area contributed by atoms with Crippen LogP contribution in [0.2, 0.25) is 0 Å². The van der Waals surface area contributed by atoms with Crippen molar-refractivity contribution in [1.29, 1.82) is 0 Å². The molecule has 0 aliphatic rings. The predicted molar refractivity (Wildman–Crippen MR) is 128 cm³/mol. The predicted octanol–water partition coefficient (Wildman–Crippen LogP) is 3.27. The third-order valence-corrected chi connectivity index (χ3v) is 6.74. The molecule has 10 heteroatoms. The maximum atomic E-state index is 12.5. The van der Waals surface area contributed by atoms with E-state index in [1.807, 2.05) is 13.0 Å². The molecule has 2 aromatic carbocycles. The standard InChI is InChI=1S/C22H24N4O4S2/c1-14-6-5-7-17(12-14)21(28)23-15(2)20(27)25-22-24-19(13-31-22)16-8-10-18(11-9-16)26(3)32(4,29)30/h5-13,15H,1-4H3,(H,23,28)(H,24,25,27). The van der Waals surface area contributed by atoms with Gasteiger partial charge in [-0.1, -0.05) is 29.8 Å². The molecule has 2 N–H and O–H groups in total. The van der Waals surface area contributed by atoms with Gasteiger partial charge in [0.05, 0.1) is 17.6 Å². The van der Waals surface area contributed by atoms with Crippen molar-refractivity contribution >= 4 is 44.0 Å². The molecule has 0 aliphatic heterocycles. The molecule has 1 unspecified atom stereocenters. The van der Waals surface area contributed by atoms with E-state index in [2.05, 4.69) is 15.6 Å². The first-order chi connectivity index (χ1) is 15.0. The van der Waals surface area contributed by atoms with Gasteiger partial charge in [-0.3, -0.25) is 13.9 Å². The third-order valence-electron chi connectivity index (χ3n) is 4.78. The minimum Gasteiger partial charge on any atom is -0.341 e. The van der Waals surface area contributed by atoms with E-state index in [-0.39, 0.29) is 11.8 Å². The summed E-state index contributed by atoms with van der Waals surface area (Å²) in [7, 11) is -1.85. The summed E-state index contributed by atoms with van der Waals surface area (Å²) in [5.74, 6) is -0.702. The lowest BCUT2D eigenvalue weighted by Gasteiger charge is -2.16. The Morgan fingerprint density at radius 3 is 2.44 bits per heavy atom. The second-order valence-corrected chi connectivity index (χ2v) is 10.2. The number of sulfonamides is 1. The number of rotatable bonds is 7. The molecular formula is C22H24N4O4S2. The molecule has 3 rings (SSSR count). The topological polar surface area (TPSA) is 108 Å². The summed E-state index contributed by atoms with van der Waals surface area (Å²) in [6, 6.07) is 13.3. The second kappa shape index (κ2) is 9.49. The molecule has 0 radical (unpaired) electrons. The fraction of sp³-hybridized carbons (Fsp3) is 0.227. The Kier molecular flexibility index (Phi) is 6.95. The Morgan fingerprint density at radius 1 is 1.12 bits per heavy atom. The maximum absolute atomic E-state index is 12.5. The van der Waals surface area contributed by atoms with Crippen molar-refractivity contribution in [2.45, 2.75) is 19.9 Å². The molecule has 0 spiro atoms. The second-order valence-electron chi connectivity index (χ2n) is 7.37. The van der Waals surface area contributed by atoms with Crippen molar-refractivity contribution in [2.24, 2.45) is 0 Å². The van der Waals surface area contributed by atoms with Gasteiger partial charge in [0.2, 0.25) is 15.9 Å². The number of aromatic nitrogens is 1. The Bertz CT molecular complexity index is 1240. The van der Waals surface area contributed by atoms with E-state index >= 15 is 0 Å². The molecule has 2 amide bonds. The summed E-state index contributed by atoms with van der Waals surface area (Å²) in [5, 5.41) is 7.59. The minimum atomic E-state index is -3.34. The molecule has 0 saturated carbocycles. The molecule has 0 saturated heterocycles. The van der Waals surface area contributed by atoms with Gasteiger partial charge in [0.25, 0.3) is 5.91 Å². The van der Waals surface area contributed by atoms with Crippen LogP contribution in [0.5, 0.6) is 0 Å². The van der Waals surface area contributed by atoms with Gasteiger partial charge in [-0.2, -0.15) is 0 Å². The zero-order valence-electron chi connectivity index (χ0n) is 18.1. The molecule has 1 atom stereocenters. The zero-order chi connectivity index (χ0) is 23.5. The van der Waals surface area contributed by atoms with Crippen LogP contribution in [0.4, 0.5) is 10.8 Å². The molecule has 1 aromatic heterocycles. The highest BCUT2D eigenvalue weighted by Gasteiger charge is 2.18.